The van der Waals surface area contributed by atoms with Gasteiger partial charge in [0, 0.05) is 26.6 Å². The Bertz CT molecular complexity index is 1440. The van der Waals surface area contributed by atoms with E-state index in [9.17, 15) is 9.59 Å². The average molecular weight is 523 g/mol. The molecular formula is C33H34N2O4. The van der Waals surface area contributed by atoms with Crippen molar-refractivity contribution in [1.82, 2.24) is 9.80 Å². The second-order valence-electron chi connectivity index (χ2n) is 10.1. The molecule has 0 N–H and O–H groups in total. The Morgan fingerprint density at radius 2 is 1.77 bits per heavy atom. The first kappa shape index (κ1) is 26.3. The van der Waals surface area contributed by atoms with Crippen LogP contribution in [-0.4, -0.2) is 35.2 Å². The molecule has 0 spiro atoms. The molecule has 3 aromatic carbocycles. The minimum atomic E-state index is -0.180. The molecule has 39 heavy (non-hydrogen) atoms. The van der Waals surface area contributed by atoms with E-state index in [-0.39, 0.29) is 30.2 Å². The predicted molar refractivity (Wildman–Crippen MR) is 150 cm³/mol. The van der Waals surface area contributed by atoms with E-state index in [0.29, 0.717) is 31.0 Å². The molecule has 1 aromatic heterocycles. The van der Waals surface area contributed by atoms with Crippen molar-refractivity contribution in [2.75, 3.05) is 13.6 Å². The first-order valence-electron chi connectivity index (χ1n) is 13.4. The van der Waals surface area contributed by atoms with Gasteiger partial charge >= 0.3 is 0 Å². The number of carbonyl (C=O) groups excluding carboxylic acids is 2. The largest absolute Gasteiger partial charge is 0.486 e. The fourth-order valence-corrected chi connectivity index (χ4v) is 5.11. The Morgan fingerprint density at radius 3 is 2.51 bits per heavy atom. The van der Waals surface area contributed by atoms with Crippen molar-refractivity contribution in [1.29, 1.82) is 0 Å². The fourth-order valence-electron chi connectivity index (χ4n) is 5.11. The highest BCUT2D eigenvalue weighted by Crippen LogP contribution is 2.37. The summed E-state index contributed by atoms with van der Waals surface area (Å²) in [4.78, 5) is 29.4. The zero-order chi connectivity index (χ0) is 27.4. The number of hydrogen-bond acceptors (Lipinski definition) is 4. The molecule has 6 heteroatoms. The molecule has 2 amide bonds. The Balaban J connectivity index is 1.31. The zero-order valence-corrected chi connectivity index (χ0v) is 22.7. The number of fused-ring (bicyclic) bond motifs is 1. The lowest BCUT2D eigenvalue weighted by Crippen LogP contribution is -2.40. The van der Waals surface area contributed by atoms with Crippen LogP contribution < -0.4 is 4.74 Å². The highest BCUT2D eigenvalue weighted by atomic mass is 16.5. The molecule has 0 saturated carbocycles. The van der Waals surface area contributed by atoms with Crippen LogP contribution in [0.25, 0.3) is 0 Å². The van der Waals surface area contributed by atoms with Crippen LogP contribution in [-0.2, 0) is 24.4 Å². The Hall–Kier alpha value is -4.32. The lowest BCUT2D eigenvalue weighted by molar-refractivity contribution is -0.132. The highest BCUT2D eigenvalue weighted by molar-refractivity contribution is 5.91. The molecule has 200 valence electrons. The third kappa shape index (κ3) is 5.90. The molecule has 0 aliphatic carbocycles. The van der Waals surface area contributed by atoms with E-state index in [2.05, 4.69) is 37.3 Å². The number of carbonyl (C=O) groups is 2. The van der Waals surface area contributed by atoms with Gasteiger partial charge in [-0.25, -0.2) is 0 Å². The number of furan rings is 1. The molecule has 0 bridgehead atoms. The van der Waals surface area contributed by atoms with Gasteiger partial charge < -0.3 is 19.0 Å². The summed E-state index contributed by atoms with van der Waals surface area (Å²) in [5.74, 6) is 1.51. The molecule has 2 heterocycles. The molecule has 0 fully saturated rings. The van der Waals surface area contributed by atoms with Gasteiger partial charge in [-0.15, -0.1) is 0 Å². The molecule has 0 saturated heterocycles. The molecule has 6 nitrogen and oxygen atoms in total. The van der Waals surface area contributed by atoms with E-state index in [1.165, 1.54) is 11.1 Å². The van der Waals surface area contributed by atoms with Gasteiger partial charge in [0.25, 0.3) is 5.91 Å². The summed E-state index contributed by atoms with van der Waals surface area (Å²) in [5.41, 5.74) is 5.64. The van der Waals surface area contributed by atoms with Crippen LogP contribution in [0, 0.1) is 6.92 Å². The molecule has 0 radical (unpaired) electrons. The van der Waals surface area contributed by atoms with E-state index in [1.807, 2.05) is 54.3 Å². The van der Waals surface area contributed by atoms with Crippen molar-refractivity contribution >= 4 is 11.8 Å². The van der Waals surface area contributed by atoms with Gasteiger partial charge in [-0.1, -0.05) is 73.2 Å². The van der Waals surface area contributed by atoms with Gasteiger partial charge in [0.2, 0.25) is 5.91 Å². The lowest BCUT2D eigenvalue weighted by atomic mass is 9.87. The van der Waals surface area contributed by atoms with Crippen molar-refractivity contribution in [3.05, 3.63) is 124 Å². The Kier molecular flexibility index (Phi) is 7.82. The third-order valence-electron chi connectivity index (χ3n) is 7.22. The zero-order valence-electron chi connectivity index (χ0n) is 22.7. The van der Waals surface area contributed by atoms with Gasteiger partial charge in [-0.3, -0.25) is 9.59 Å². The summed E-state index contributed by atoms with van der Waals surface area (Å²) < 4.78 is 11.9. The first-order chi connectivity index (χ1) is 18.9. The number of nitrogens with zero attached hydrogens (tertiary/aromatic N) is 2. The van der Waals surface area contributed by atoms with E-state index in [4.69, 9.17) is 9.15 Å². The standard InChI is InChI=1S/C33H34N2O4/c1-4-31(36)35-19-18-25-14-15-27(20-29(25)32(35)26-12-10-23(2)11-13-26)38-22-28-16-17-30(39-28)33(37)34(3)21-24-8-6-5-7-9-24/h5-17,20,32H,4,18-19,21-22H2,1-3H3/t32-/m1/s1. The quantitative estimate of drug-likeness (QED) is 0.272. The van der Waals surface area contributed by atoms with Gasteiger partial charge in [0.05, 0.1) is 6.04 Å². The van der Waals surface area contributed by atoms with Crippen LogP contribution in [0.4, 0.5) is 0 Å². The molecule has 1 aliphatic heterocycles. The normalized spacial score (nSPS) is 14.5. The van der Waals surface area contributed by atoms with Crippen LogP contribution in [0.15, 0.2) is 89.3 Å². The first-order valence-corrected chi connectivity index (χ1v) is 13.4. The number of aryl methyl sites for hydroxylation is 1. The summed E-state index contributed by atoms with van der Waals surface area (Å²) in [6.45, 7) is 5.36. The summed E-state index contributed by atoms with van der Waals surface area (Å²) in [7, 11) is 1.76. The Morgan fingerprint density at radius 1 is 1.00 bits per heavy atom. The van der Waals surface area contributed by atoms with Crippen LogP contribution in [0.5, 0.6) is 5.75 Å². The monoisotopic (exact) mass is 522 g/mol. The molecule has 1 atom stereocenters. The van der Waals surface area contributed by atoms with Crippen LogP contribution in [0.2, 0.25) is 0 Å². The van der Waals surface area contributed by atoms with Crippen molar-refractivity contribution in [2.24, 2.45) is 0 Å². The maximum absolute atomic E-state index is 12.9. The second-order valence-corrected chi connectivity index (χ2v) is 10.1. The van der Waals surface area contributed by atoms with E-state index in [0.717, 1.165) is 23.1 Å². The van der Waals surface area contributed by atoms with Crippen molar-refractivity contribution < 1.29 is 18.7 Å². The highest BCUT2D eigenvalue weighted by Gasteiger charge is 2.31. The SMILES string of the molecule is CCC(=O)N1CCc2ccc(OCc3ccc(C(=O)N(C)Cc4ccccc4)o3)cc2[C@H]1c1ccc(C)cc1. The second kappa shape index (κ2) is 11.6. The van der Waals surface area contributed by atoms with Crippen LogP contribution in [0.1, 0.15) is 63.5 Å². The smallest absolute Gasteiger partial charge is 0.289 e. The Labute approximate surface area is 229 Å². The topological polar surface area (TPSA) is 63.0 Å². The van der Waals surface area contributed by atoms with Gasteiger partial charge in [-0.05, 0) is 59.9 Å². The summed E-state index contributed by atoms with van der Waals surface area (Å²) in [6, 6.07) is 27.6. The molecule has 0 unspecified atom stereocenters. The molecule has 1 aliphatic rings. The lowest BCUT2D eigenvalue weighted by Gasteiger charge is -2.38. The maximum atomic E-state index is 12.9. The van der Waals surface area contributed by atoms with Gasteiger partial charge in [0.1, 0.15) is 18.1 Å². The fraction of sp³-hybridized carbons (Fsp3) is 0.273. The van der Waals surface area contributed by atoms with Crippen molar-refractivity contribution in [3.63, 3.8) is 0 Å². The van der Waals surface area contributed by atoms with Crippen LogP contribution >= 0.6 is 0 Å². The molecule has 4 aromatic rings. The van der Waals surface area contributed by atoms with E-state index >= 15 is 0 Å². The summed E-state index contributed by atoms with van der Waals surface area (Å²) in [5, 5.41) is 0. The summed E-state index contributed by atoms with van der Waals surface area (Å²) in [6.07, 6.45) is 1.28. The van der Waals surface area contributed by atoms with E-state index in [1.54, 1.807) is 24.1 Å². The van der Waals surface area contributed by atoms with Crippen molar-refractivity contribution in [2.45, 2.75) is 45.9 Å². The van der Waals surface area contributed by atoms with Gasteiger partial charge in [-0.2, -0.15) is 0 Å². The predicted octanol–water partition coefficient (Wildman–Crippen LogP) is 6.32. The number of amides is 2. The number of ether oxygens (including phenoxy) is 1. The minimum Gasteiger partial charge on any atom is -0.486 e. The number of rotatable bonds is 8. The average Bonchev–Trinajstić information content (AvgIpc) is 3.44. The van der Waals surface area contributed by atoms with Crippen molar-refractivity contribution in [3.8, 4) is 5.75 Å². The van der Waals surface area contributed by atoms with Gasteiger partial charge in [0.15, 0.2) is 5.76 Å². The molecular weight excluding hydrogens is 488 g/mol. The maximum Gasteiger partial charge on any atom is 0.289 e. The van der Waals surface area contributed by atoms with E-state index < -0.39 is 0 Å². The summed E-state index contributed by atoms with van der Waals surface area (Å²) >= 11 is 0. The number of hydrogen-bond donors (Lipinski definition) is 0. The molecule has 5 rings (SSSR count). The third-order valence-corrected chi connectivity index (χ3v) is 7.22. The van der Waals surface area contributed by atoms with Crippen LogP contribution in [0.3, 0.4) is 0 Å². The number of benzene rings is 3. The minimum absolute atomic E-state index is 0.141.